The first-order valence-corrected chi connectivity index (χ1v) is 5.83. The van der Waals surface area contributed by atoms with Gasteiger partial charge in [0.25, 0.3) is 0 Å². The van der Waals surface area contributed by atoms with Crippen LogP contribution >= 0.6 is 0 Å². The minimum atomic E-state index is -4.53. The fourth-order valence-electron chi connectivity index (χ4n) is 1.66. The van der Waals surface area contributed by atoms with Crippen LogP contribution in [0.4, 0.5) is 13.2 Å². The van der Waals surface area contributed by atoms with Crippen LogP contribution in [0.1, 0.15) is 16.7 Å². The predicted octanol–water partition coefficient (Wildman–Crippen LogP) is 3.17. The zero-order valence-electron chi connectivity index (χ0n) is 10.4. The number of hydrogen-bond donors (Lipinski definition) is 1. The molecule has 6 heteroatoms. The Kier molecular flexibility index (Phi) is 4.24. The van der Waals surface area contributed by atoms with Crippen LogP contribution in [0.25, 0.3) is 0 Å². The molecule has 106 valence electrons. The van der Waals surface area contributed by atoms with Crippen LogP contribution in [0.5, 0.6) is 5.75 Å². The van der Waals surface area contributed by atoms with Gasteiger partial charge in [0.05, 0.1) is 12.2 Å². The Morgan fingerprint density at radius 3 is 2.35 bits per heavy atom. The molecule has 1 aromatic heterocycles. The van der Waals surface area contributed by atoms with E-state index in [1.54, 1.807) is 12.1 Å². The molecule has 0 atom stereocenters. The lowest BCUT2D eigenvalue weighted by atomic mass is 10.1. The molecule has 0 aliphatic heterocycles. The molecule has 0 unspecified atom stereocenters. The number of nitrogens with zero attached hydrogens (tertiary/aromatic N) is 1. The summed E-state index contributed by atoms with van der Waals surface area (Å²) in [6.45, 7) is -0.433. The summed E-state index contributed by atoms with van der Waals surface area (Å²) in [6, 6.07) is 6.83. The average Bonchev–Trinajstić information content (AvgIpc) is 2.45. The third kappa shape index (κ3) is 3.48. The highest BCUT2D eigenvalue weighted by Crippen LogP contribution is 2.37. The lowest BCUT2D eigenvalue weighted by Gasteiger charge is -2.15. The van der Waals surface area contributed by atoms with Crippen molar-refractivity contribution in [3.05, 3.63) is 59.4 Å². The molecule has 2 rings (SSSR count). The zero-order chi connectivity index (χ0) is 14.6. The first kappa shape index (κ1) is 14.3. The van der Waals surface area contributed by atoms with E-state index in [0.29, 0.717) is 0 Å². The molecule has 0 fully saturated rings. The third-order valence-corrected chi connectivity index (χ3v) is 2.68. The van der Waals surface area contributed by atoms with E-state index in [1.807, 2.05) is 0 Å². The van der Waals surface area contributed by atoms with Gasteiger partial charge in [-0.2, -0.15) is 13.2 Å². The Morgan fingerprint density at radius 1 is 1.05 bits per heavy atom. The van der Waals surface area contributed by atoms with Crippen LogP contribution in [0.2, 0.25) is 0 Å². The van der Waals surface area contributed by atoms with Gasteiger partial charge in [0.2, 0.25) is 0 Å². The lowest BCUT2D eigenvalue weighted by Crippen LogP contribution is -2.09. The van der Waals surface area contributed by atoms with E-state index < -0.39 is 18.3 Å². The van der Waals surface area contributed by atoms with Gasteiger partial charge in [0, 0.05) is 12.4 Å². The summed E-state index contributed by atoms with van der Waals surface area (Å²) in [4.78, 5) is 3.82. The van der Waals surface area contributed by atoms with E-state index in [-0.39, 0.29) is 17.9 Å². The summed E-state index contributed by atoms with van der Waals surface area (Å²) in [5.74, 6) is -0.258. The van der Waals surface area contributed by atoms with Crippen molar-refractivity contribution in [2.24, 2.45) is 0 Å². The van der Waals surface area contributed by atoms with Gasteiger partial charge in [0.1, 0.15) is 12.4 Å². The zero-order valence-corrected chi connectivity index (χ0v) is 10.4. The van der Waals surface area contributed by atoms with E-state index in [1.165, 1.54) is 24.5 Å². The Labute approximate surface area is 113 Å². The van der Waals surface area contributed by atoms with Gasteiger partial charge in [-0.3, -0.25) is 4.98 Å². The largest absolute Gasteiger partial charge is 0.488 e. The van der Waals surface area contributed by atoms with Gasteiger partial charge in [-0.25, -0.2) is 0 Å². The fourth-order valence-corrected chi connectivity index (χ4v) is 1.66. The first-order valence-electron chi connectivity index (χ1n) is 5.83. The lowest BCUT2D eigenvalue weighted by molar-refractivity contribution is -0.139. The summed E-state index contributed by atoms with van der Waals surface area (Å²) >= 11 is 0. The number of aliphatic hydroxyl groups is 1. The second kappa shape index (κ2) is 5.92. The van der Waals surface area contributed by atoms with E-state index in [0.717, 1.165) is 11.6 Å². The molecule has 20 heavy (non-hydrogen) atoms. The van der Waals surface area contributed by atoms with E-state index in [2.05, 4.69) is 4.98 Å². The molecule has 0 amide bonds. The van der Waals surface area contributed by atoms with Gasteiger partial charge in [-0.05, 0) is 35.4 Å². The van der Waals surface area contributed by atoms with Crippen molar-refractivity contribution >= 4 is 0 Å². The number of halogens is 3. The van der Waals surface area contributed by atoms with Crippen molar-refractivity contribution in [2.45, 2.75) is 19.4 Å². The summed E-state index contributed by atoms with van der Waals surface area (Å²) in [7, 11) is 0. The van der Waals surface area contributed by atoms with Crippen molar-refractivity contribution < 1.29 is 23.0 Å². The van der Waals surface area contributed by atoms with Crippen molar-refractivity contribution in [2.75, 3.05) is 0 Å². The molecule has 0 saturated heterocycles. The molecule has 0 bridgehead atoms. The molecular weight excluding hydrogens is 271 g/mol. The number of aromatic nitrogens is 1. The van der Waals surface area contributed by atoms with E-state index in [4.69, 9.17) is 9.84 Å². The number of pyridine rings is 1. The topological polar surface area (TPSA) is 42.4 Å². The predicted molar refractivity (Wildman–Crippen MR) is 65.9 cm³/mol. The molecule has 1 heterocycles. The van der Waals surface area contributed by atoms with Gasteiger partial charge in [-0.1, -0.05) is 6.07 Å². The van der Waals surface area contributed by atoms with E-state index in [9.17, 15) is 13.2 Å². The summed E-state index contributed by atoms with van der Waals surface area (Å²) in [6.07, 6.45) is -1.45. The monoisotopic (exact) mass is 283 g/mol. The quantitative estimate of drug-likeness (QED) is 0.937. The Hall–Kier alpha value is -2.08. The number of ether oxygens (including phenoxy) is 1. The normalized spacial score (nSPS) is 11.4. The second-order valence-corrected chi connectivity index (χ2v) is 4.13. The van der Waals surface area contributed by atoms with Crippen LogP contribution in [0, 0.1) is 0 Å². The van der Waals surface area contributed by atoms with Crippen molar-refractivity contribution in [1.29, 1.82) is 0 Å². The summed E-state index contributed by atoms with van der Waals surface area (Å²) in [5, 5.41) is 8.91. The Balaban J connectivity index is 2.23. The maximum Gasteiger partial charge on any atom is 0.419 e. The van der Waals surface area contributed by atoms with E-state index >= 15 is 0 Å². The minimum Gasteiger partial charge on any atom is -0.488 e. The molecule has 3 nitrogen and oxygen atoms in total. The highest BCUT2D eigenvalue weighted by Gasteiger charge is 2.34. The molecule has 2 aromatic rings. The van der Waals surface area contributed by atoms with Crippen LogP contribution in [-0.2, 0) is 19.4 Å². The summed E-state index contributed by atoms with van der Waals surface area (Å²) < 4.78 is 44.0. The number of alkyl halides is 3. The Morgan fingerprint density at radius 2 is 1.75 bits per heavy atom. The van der Waals surface area contributed by atoms with Crippen LogP contribution in [0.15, 0.2) is 42.7 Å². The Bertz CT molecular complexity index is 570. The van der Waals surface area contributed by atoms with Crippen LogP contribution in [0.3, 0.4) is 0 Å². The number of benzene rings is 1. The number of aliphatic hydroxyl groups excluding tert-OH is 1. The van der Waals surface area contributed by atoms with Gasteiger partial charge in [0.15, 0.2) is 0 Å². The molecule has 1 aromatic carbocycles. The van der Waals surface area contributed by atoms with Crippen LogP contribution < -0.4 is 4.74 Å². The summed E-state index contributed by atoms with van der Waals surface area (Å²) in [5.41, 5.74) is 0.0195. The van der Waals surface area contributed by atoms with Crippen LogP contribution in [-0.4, -0.2) is 10.1 Å². The highest BCUT2D eigenvalue weighted by molar-refractivity contribution is 5.39. The third-order valence-electron chi connectivity index (χ3n) is 2.68. The molecule has 1 N–H and O–H groups in total. The first-order chi connectivity index (χ1) is 9.50. The highest BCUT2D eigenvalue weighted by atomic mass is 19.4. The maximum absolute atomic E-state index is 12.9. The standard InChI is InChI=1S/C14H12F3NO2/c15-14(16,17)12-7-11(8-19)1-2-13(12)20-9-10-3-5-18-6-4-10/h1-7,19H,8-9H2. The average molecular weight is 283 g/mol. The smallest absolute Gasteiger partial charge is 0.419 e. The fraction of sp³-hybridized carbons (Fsp3) is 0.214. The number of rotatable bonds is 4. The van der Waals surface area contributed by atoms with Gasteiger partial charge in [-0.15, -0.1) is 0 Å². The molecular formula is C14H12F3NO2. The molecule has 0 radical (unpaired) electrons. The molecule has 0 aliphatic rings. The van der Waals surface area contributed by atoms with Crippen molar-refractivity contribution in [3.8, 4) is 5.75 Å². The number of hydrogen-bond acceptors (Lipinski definition) is 3. The van der Waals surface area contributed by atoms with Gasteiger partial charge < -0.3 is 9.84 Å². The molecule has 0 aliphatic carbocycles. The van der Waals surface area contributed by atoms with Gasteiger partial charge >= 0.3 is 6.18 Å². The maximum atomic E-state index is 12.9. The second-order valence-electron chi connectivity index (χ2n) is 4.13. The SMILES string of the molecule is OCc1ccc(OCc2ccncc2)c(C(F)(F)F)c1. The molecule has 0 saturated carbocycles. The minimum absolute atomic E-state index is 0.0179. The molecule has 0 spiro atoms. The van der Waals surface area contributed by atoms with Crippen molar-refractivity contribution in [3.63, 3.8) is 0 Å². The van der Waals surface area contributed by atoms with Crippen molar-refractivity contribution in [1.82, 2.24) is 4.98 Å².